The minimum atomic E-state index is -0.391. The van der Waals surface area contributed by atoms with Gasteiger partial charge in [-0.1, -0.05) is 41.3 Å². The maximum absolute atomic E-state index is 12.4. The molecule has 112 valence electrons. The Morgan fingerprint density at radius 1 is 1.14 bits per heavy atom. The van der Waals surface area contributed by atoms with Crippen molar-refractivity contribution in [2.75, 3.05) is 16.8 Å². The second kappa shape index (κ2) is 5.84. The summed E-state index contributed by atoms with van der Waals surface area (Å²) in [6.07, 6.45) is 5.89. The Bertz CT molecular complexity index is 594. The van der Waals surface area contributed by atoms with Gasteiger partial charge in [-0.3, -0.25) is 9.59 Å². The van der Waals surface area contributed by atoms with Crippen molar-refractivity contribution >= 4 is 49.2 Å². The highest BCUT2D eigenvalue weighted by atomic mass is 79.9. The predicted molar refractivity (Wildman–Crippen MR) is 90.1 cm³/mol. The van der Waals surface area contributed by atoms with E-state index in [0.717, 1.165) is 23.9 Å². The first-order chi connectivity index (χ1) is 10.1. The van der Waals surface area contributed by atoms with Gasteiger partial charge in [0.1, 0.15) is 0 Å². The van der Waals surface area contributed by atoms with E-state index >= 15 is 0 Å². The van der Waals surface area contributed by atoms with Gasteiger partial charge in [0, 0.05) is 16.3 Å². The molecule has 0 N–H and O–H groups in total. The quantitative estimate of drug-likeness (QED) is 0.545. The molecule has 0 aromatic heterocycles. The van der Waals surface area contributed by atoms with E-state index in [1.165, 1.54) is 19.3 Å². The molecule has 2 aliphatic rings. The molecule has 5 heteroatoms. The molecule has 1 aromatic carbocycles. The number of ketones is 1. The zero-order valence-corrected chi connectivity index (χ0v) is 14.9. The van der Waals surface area contributed by atoms with Crippen molar-refractivity contribution in [3.05, 3.63) is 28.2 Å². The highest BCUT2D eigenvalue weighted by molar-refractivity contribution is 9.10. The molecule has 3 rings (SSSR count). The molecule has 1 aromatic rings. The van der Waals surface area contributed by atoms with Crippen LogP contribution in [-0.2, 0) is 4.79 Å². The van der Waals surface area contributed by atoms with Gasteiger partial charge in [-0.15, -0.1) is 0 Å². The highest BCUT2D eigenvalue weighted by Crippen LogP contribution is 2.42. The number of fused-ring (bicyclic) bond motifs is 1. The summed E-state index contributed by atoms with van der Waals surface area (Å²) in [6.45, 7) is 0.631. The van der Waals surface area contributed by atoms with Crippen LogP contribution < -0.4 is 4.90 Å². The van der Waals surface area contributed by atoms with Crippen molar-refractivity contribution in [3.8, 4) is 0 Å². The Morgan fingerprint density at radius 3 is 2.52 bits per heavy atom. The number of Topliss-reactive ketones (excluding diaryl/α,β-unsaturated/α-hetero) is 1. The molecule has 1 saturated carbocycles. The lowest BCUT2D eigenvalue weighted by atomic mass is 9.75. The molecule has 1 aliphatic carbocycles. The smallest absolute Gasteiger partial charge is 0.299 e. The Morgan fingerprint density at radius 2 is 1.86 bits per heavy atom. The first-order valence-electron chi connectivity index (χ1n) is 7.29. The highest BCUT2D eigenvalue weighted by Gasteiger charge is 2.42. The largest absolute Gasteiger partial charge is 0.304 e. The van der Waals surface area contributed by atoms with Crippen LogP contribution in [0.2, 0.25) is 0 Å². The first kappa shape index (κ1) is 15.2. The molecular formula is C16H17Br2NO2. The lowest BCUT2D eigenvalue weighted by Gasteiger charge is -2.38. The molecule has 21 heavy (non-hydrogen) atoms. The molecule has 1 fully saturated rings. The van der Waals surface area contributed by atoms with E-state index in [2.05, 4.69) is 31.9 Å². The number of halogens is 2. The SMILES string of the molecule is O=C1C(=O)N(CC2(CBr)CCCCC2)c2cccc(Br)c21. The minimum absolute atomic E-state index is 0.0954. The van der Waals surface area contributed by atoms with E-state index in [0.29, 0.717) is 16.6 Å². The molecule has 1 aliphatic heterocycles. The van der Waals surface area contributed by atoms with Gasteiger partial charge in [-0.25, -0.2) is 0 Å². The first-order valence-corrected chi connectivity index (χ1v) is 9.20. The van der Waals surface area contributed by atoms with E-state index in [1.807, 2.05) is 18.2 Å². The third-order valence-corrected chi connectivity index (χ3v) is 6.49. The summed E-state index contributed by atoms with van der Waals surface area (Å²) in [5.74, 6) is -0.777. The maximum Gasteiger partial charge on any atom is 0.299 e. The molecule has 1 amide bonds. The number of hydrogen-bond donors (Lipinski definition) is 0. The Labute approximate surface area is 141 Å². The summed E-state index contributed by atoms with van der Waals surface area (Å²) in [5, 5.41) is 0.876. The van der Waals surface area contributed by atoms with Crippen LogP contribution in [0.5, 0.6) is 0 Å². The number of nitrogens with zero attached hydrogens (tertiary/aromatic N) is 1. The number of anilines is 1. The average Bonchev–Trinajstić information content (AvgIpc) is 2.74. The number of benzene rings is 1. The Kier molecular flexibility index (Phi) is 4.23. The van der Waals surface area contributed by atoms with Crippen molar-refractivity contribution in [2.45, 2.75) is 32.1 Å². The van der Waals surface area contributed by atoms with E-state index < -0.39 is 5.78 Å². The fraction of sp³-hybridized carbons (Fsp3) is 0.500. The molecule has 0 atom stereocenters. The van der Waals surface area contributed by atoms with Gasteiger partial charge in [0.05, 0.1) is 11.3 Å². The van der Waals surface area contributed by atoms with E-state index in [1.54, 1.807) is 4.90 Å². The van der Waals surface area contributed by atoms with Gasteiger partial charge in [0.15, 0.2) is 0 Å². The standard InChI is InChI=1S/C16H17Br2NO2/c17-9-16(7-2-1-3-8-16)10-19-12-6-4-5-11(18)13(12)14(20)15(19)21/h4-6H,1-3,7-10H2. The lowest BCUT2D eigenvalue weighted by Crippen LogP contribution is -2.43. The Hall–Kier alpha value is -0.680. The van der Waals surface area contributed by atoms with Gasteiger partial charge in [-0.05, 0) is 46.3 Å². The van der Waals surface area contributed by atoms with Crippen molar-refractivity contribution in [3.63, 3.8) is 0 Å². The second-order valence-electron chi connectivity index (χ2n) is 6.05. The number of amides is 1. The van der Waals surface area contributed by atoms with Crippen molar-refractivity contribution in [1.29, 1.82) is 0 Å². The third kappa shape index (κ3) is 2.59. The number of hydrogen-bond acceptors (Lipinski definition) is 2. The minimum Gasteiger partial charge on any atom is -0.304 e. The van der Waals surface area contributed by atoms with E-state index in [4.69, 9.17) is 0 Å². The Balaban J connectivity index is 1.95. The molecule has 3 nitrogen and oxygen atoms in total. The molecule has 1 heterocycles. The summed E-state index contributed by atoms with van der Waals surface area (Å²) < 4.78 is 0.706. The van der Waals surface area contributed by atoms with Gasteiger partial charge in [-0.2, -0.15) is 0 Å². The summed E-state index contributed by atoms with van der Waals surface area (Å²) in [4.78, 5) is 26.3. The van der Waals surface area contributed by atoms with Crippen LogP contribution >= 0.6 is 31.9 Å². The number of rotatable bonds is 3. The van der Waals surface area contributed by atoms with Crippen LogP contribution in [0.15, 0.2) is 22.7 Å². The summed E-state index contributed by atoms with van der Waals surface area (Å²) in [5.41, 5.74) is 1.37. The monoisotopic (exact) mass is 413 g/mol. The predicted octanol–water partition coefficient (Wildman–Crippen LogP) is 4.32. The zero-order chi connectivity index (χ0) is 15.0. The van der Waals surface area contributed by atoms with Crippen LogP contribution in [0.3, 0.4) is 0 Å². The molecule has 0 spiro atoms. The van der Waals surface area contributed by atoms with Gasteiger partial charge in [0.2, 0.25) is 0 Å². The van der Waals surface area contributed by atoms with Crippen LogP contribution in [0.4, 0.5) is 5.69 Å². The van der Waals surface area contributed by atoms with E-state index in [-0.39, 0.29) is 11.3 Å². The van der Waals surface area contributed by atoms with Gasteiger partial charge in [0.25, 0.3) is 11.7 Å². The second-order valence-corrected chi connectivity index (χ2v) is 7.46. The summed E-state index contributed by atoms with van der Waals surface area (Å²) in [6, 6.07) is 5.56. The van der Waals surface area contributed by atoms with Crippen LogP contribution in [0, 0.1) is 5.41 Å². The summed E-state index contributed by atoms with van der Waals surface area (Å²) >= 11 is 7.02. The number of alkyl halides is 1. The molecular weight excluding hydrogens is 398 g/mol. The average molecular weight is 415 g/mol. The molecule has 0 saturated heterocycles. The van der Waals surface area contributed by atoms with E-state index in [9.17, 15) is 9.59 Å². The van der Waals surface area contributed by atoms with Crippen molar-refractivity contribution in [1.82, 2.24) is 0 Å². The summed E-state index contributed by atoms with van der Waals surface area (Å²) in [7, 11) is 0. The van der Waals surface area contributed by atoms with Gasteiger partial charge < -0.3 is 4.90 Å². The molecule has 0 radical (unpaired) electrons. The molecule has 0 bridgehead atoms. The van der Waals surface area contributed by atoms with Crippen LogP contribution in [0.1, 0.15) is 42.5 Å². The number of carbonyl (C=O) groups is 2. The third-order valence-electron chi connectivity index (χ3n) is 4.64. The van der Waals surface area contributed by atoms with Crippen molar-refractivity contribution < 1.29 is 9.59 Å². The fourth-order valence-electron chi connectivity index (χ4n) is 3.43. The fourth-order valence-corrected chi connectivity index (χ4v) is 4.70. The van der Waals surface area contributed by atoms with Crippen molar-refractivity contribution in [2.24, 2.45) is 5.41 Å². The lowest BCUT2D eigenvalue weighted by molar-refractivity contribution is -0.114. The van der Waals surface area contributed by atoms with Gasteiger partial charge >= 0.3 is 0 Å². The molecule has 0 unspecified atom stereocenters. The maximum atomic E-state index is 12.4. The van der Waals surface area contributed by atoms with Crippen LogP contribution in [0.25, 0.3) is 0 Å². The zero-order valence-electron chi connectivity index (χ0n) is 11.7. The normalized spacial score (nSPS) is 20.8. The topological polar surface area (TPSA) is 37.4 Å². The number of carbonyl (C=O) groups excluding carboxylic acids is 2. The van der Waals surface area contributed by atoms with Crippen LogP contribution in [-0.4, -0.2) is 23.6 Å².